The second-order valence-electron chi connectivity index (χ2n) is 4.74. The zero-order chi connectivity index (χ0) is 12.3. The molecular formula is C11H17BrN2O2. The van der Waals surface area contributed by atoms with E-state index in [0.29, 0.717) is 0 Å². The molecule has 0 aliphatic carbocycles. The van der Waals surface area contributed by atoms with E-state index in [1.807, 2.05) is 27.7 Å². The molecule has 1 aromatic rings. The number of rotatable bonds is 2. The number of carbonyl (C=O) groups excluding carboxylic acids is 1. The van der Waals surface area contributed by atoms with E-state index in [1.54, 1.807) is 6.20 Å². The number of ether oxygens (including phenoxy) is 1. The van der Waals surface area contributed by atoms with E-state index < -0.39 is 11.7 Å². The summed E-state index contributed by atoms with van der Waals surface area (Å²) in [5, 5.41) is 0.818. The van der Waals surface area contributed by atoms with Crippen molar-refractivity contribution < 1.29 is 9.53 Å². The van der Waals surface area contributed by atoms with Gasteiger partial charge in [-0.05, 0) is 20.8 Å². The van der Waals surface area contributed by atoms with E-state index in [0.717, 1.165) is 11.0 Å². The van der Waals surface area contributed by atoms with Crippen molar-refractivity contribution >= 4 is 22.0 Å². The lowest BCUT2D eigenvalue weighted by molar-refractivity contribution is 0.0536. The summed E-state index contributed by atoms with van der Waals surface area (Å²) in [6.07, 6.45) is 2.80. The molecular weight excluding hydrogens is 272 g/mol. The van der Waals surface area contributed by atoms with Gasteiger partial charge in [0.1, 0.15) is 11.9 Å². The number of hydrogen-bond donors (Lipinski definition) is 0. The highest BCUT2D eigenvalue weighted by molar-refractivity contribution is 9.09. The Morgan fingerprint density at radius 2 is 2.25 bits per heavy atom. The monoisotopic (exact) mass is 288 g/mol. The molecule has 1 atom stereocenters. The quantitative estimate of drug-likeness (QED) is 0.785. The van der Waals surface area contributed by atoms with Gasteiger partial charge >= 0.3 is 6.09 Å². The summed E-state index contributed by atoms with van der Waals surface area (Å²) in [4.78, 5) is 15.8. The zero-order valence-electron chi connectivity index (χ0n) is 10.0. The molecule has 1 unspecified atom stereocenters. The van der Waals surface area contributed by atoms with E-state index in [9.17, 15) is 4.79 Å². The molecule has 4 nitrogen and oxygen atoms in total. The number of alkyl halides is 1. The van der Waals surface area contributed by atoms with Gasteiger partial charge in [-0.1, -0.05) is 22.9 Å². The Balaban J connectivity index is 2.75. The fourth-order valence-corrected chi connectivity index (χ4v) is 1.42. The molecule has 1 rings (SSSR count). The van der Waals surface area contributed by atoms with Crippen molar-refractivity contribution in [2.24, 2.45) is 0 Å². The zero-order valence-corrected chi connectivity index (χ0v) is 11.6. The maximum Gasteiger partial charge on any atom is 0.419 e. The number of hydrogen-bond acceptors (Lipinski definition) is 3. The second kappa shape index (κ2) is 4.99. The maximum absolute atomic E-state index is 11.7. The van der Waals surface area contributed by atoms with Crippen molar-refractivity contribution in [2.75, 3.05) is 5.33 Å². The largest absolute Gasteiger partial charge is 0.443 e. The number of imidazole rings is 1. The minimum absolute atomic E-state index is 0.281. The molecule has 0 aliphatic heterocycles. The van der Waals surface area contributed by atoms with E-state index in [4.69, 9.17) is 4.74 Å². The third-order valence-corrected chi connectivity index (χ3v) is 2.91. The molecule has 0 fully saturated rings. The molecule has 5 heteroatoms. The Labute approximate surface area is 104 Å². The lowest BCUT2D eigenvalue weighted by Crippen LogP contribution is -2.26. The second-order valence-corrected chi connectivity index (χ2v) is 5.39. The molecule has 0 aliphatic rings. The Kier molecular flexibility index (Phi) is 4.13. The van der Waals surface area contributed by atoms with Crippen LogP contribution in [0.2, 0.25) is 0 Å². The first kappa shape index (κ1) is 13.2. The summed E-state index contributed by atoms with van der Waals surface area (Å²) in [7, 11) is 0. The summed E-state index contributed by atoms with van der Waals surface area (Å²) in [6, 6.07) is 0. The molecule has 0 saturated carbocycles. The van der Waals surface area contributed by atoms with E-state index in [1.165, 1.54) is 10.9 Å². The molecule has 0 saturated heterocycles. The summed E-state index contributed by atoms with van der Waals surface area (Å²) in [6.45, 7) is 7.55. The number of aromatic nitrogens is 2. The summed E-state index contributed by atoms with van der Waals surface area (Å²) >= 11 is 3.38. The molecule has 0 spiro atoms. The molecule has 16 heavy (non-hydrogen) atoms. The van der Waals surface area contributed by atoms with E-state index in [2.05, 4.69) is 20.9 Å². The average Bonchev–Trinajstić information content (AvgIpc) is 2.62. The van der Waals surface area contributed by atoms with Gasteiger partial charge in [0.25, 0.3) is 0 Å². The predicted octanol–water partition coefficient (Wildman–Crippen LogP) is 3.16. The van der Waals surface area contributed by atoms with Gasteiger partial charge in [0.15, 0.2) is 0 Å². The molecule has 1 heterocycles. The van der Waals surface area contributed by atoms with Crippen molar-refractivity contribution in [3.05, 3.63) is 18.2 Å². The molecule has 0 bridgehead atoms. The Morgan fingerprint density at radius 3 is 2.75 bits per heavy atom. The van der Waals surface area contributed by atoms with Gasteiger partial charge in [-0.25, -0.2) is 14.3 Å². The molecule has 90 valence electrons. The fraction of sp³-hybridized carbons (Fsp3) is 0.636. The highest BCUT2D eigenvalue weighted by Gasteiger charge is 2.18. The Hall–Kier alpha value is -0.840. The van der Waals surface area contributed by atoms with Gasteiger partial charge in [-0.15, -0.1) is 0 Å². The number of halogens is 1. The topological polar surface area (TPSA) is 44.1 Å². The lowest BCUT2D eigenvalue weighted by atomic mass is 10.2. The van der Waals surface area contributed by atoms with Gasteiger partial charge < -0.3 is 4.74 Å². The van der Waals surface area contributed by atoms with Crippen LogP contribution in [0.3, 0.4) is 0 Å². The van der Waals surface area contributed by atoms with Crippen LogP contribution in [0, 0.1) is 0 Å². The highest BCUT2D eigenvalue weighted by Crippen LogP contribution is 2.16. The molecule has 0 radical (unpaired) electrons. The van der Waals surface area contributed by atoms with Crippen LogP contribution < -0.4 is 0 Å². The lowest BCUT2D eigenvalue weighted by Gasteiger charge is -2.19. The fourth-order valence-electron chi connectivity index (χ4n) is 1.09. The Bertz CT molecular complexity index is 368. The van der Waals surface area contributed by atoms with Crippen LogP contribution in [-0.2, 0) is 4.74 Å². The average molecular weight is 289 g/mol. The first-order valence-corrected chi connectivity index (χ1v) is 6.29. The van der Waals surface area contributed by atoms with Gasteiger partial charge in [0, 0.05) is 17.4 Å². The van der Waals surface area contributed by atoms with E-state index >= 15 is 0 Å². The Morgan fingerprint density at radius 1 is 1.62 bits per heavy atom. The molecule has 0 N–H and O–H groups in total. The highest BCUT2D eigenvalue weighted by atomic mass is 79.9. The summed E-state index contributed by atoms with van der Waals surface area (Å²) in [5.74, 6) is 0.281. The van der Waals surface area contributed by atoms with Crippen LogP contribution in [0.1, 0.15) is 39.3 Å². The van der Waals surface area contributed by atoms with Crippen LogP contribution in [0.4, 0.5) is 4.79 Å². The SMILES string of the molecule is CC(CBr)c1cn(C(=O)OC(C)(C)C)cn1. The first-order valence-electron chi connectivity index (χ1n) is 5.16. The summed E-state index contributed by atoms with van der Waals surface area (Å²) < 4.78 is 6.60. The van der Waals surface area contributed by atoms with Crippen molar-refractivity contribution in [3.8, 4) is 0 Å². The minimum Gasteiger partial charge on any atom is -0.443 e. The third kappa shape index (κ3) is 3.63. The van der Waals surface area contributed by atoms with Crippen LogP contribution in [0.5, 0.6) is 0 Å². The molecule has 0 amide bonds. The van der Waals surface area contributed by atoms with Gasteiger partial charge in [-0.3, -0.25) is 0 Å². The molecule has 0 aromatic carbocycles. The molecule has 1 aromatic heterocycles. The van der Waals surface area contributed by atoms with Crippen LogP contribution >= 0.6 is 15.9 Å². The number of carbonyl (C=O) groups is 1. The van der Waals surface area contributed by atoms with Crippen LogP contribution in [0.25, 0.3) is 0 Å². The van der Waals surface area contributed by atoms with Gasteiger partial charge in [0.05, 0.1) is 5.69 Å². The standard InChI is InChI=1S/C11H17BrN2O2/c1-8(5-12)9-6-14(7-13-9)10(15)16-11(2,3)4/h6-8H,5H2,1-4H3. The van der Waals surface area contributed by atoms with Crippen molar-refractivity contribution in [3.63, 3.8) is 0 Å². The van der Waals surface area contributed by atoms with Crippen molar-refractivity contribution in [1.82, 2.24) is 9.55 Å². The minimum atomic E-state index is -0.484. The maximum atomic E-state index is 11.7. The van der Waals surface area contributed by atoms with Crippen LogP contribution in [-0.4, -0.2) is 26.6 Å². The van der Waals surface area contributed by atoms with E-state index in [-0.39, 0.29) is 5.92 Å². The van der Waals surface area contributed by atoms with Gasteiger partial charge in [-0.2, -0.15) is 0 Å². The first-order chi connectivity index (χ1) is 7.33. The summed E-state index contributed by atoms with van der Waals surface area (Å²) in [5.41, 5.74) is 0.394. The number of nitrogens with zero attached hydrogens (tertiary/aromatic N) is 2. The van der Waals surface area contributed by atoms with Crippen LogP contribution in [0.15, 0.2) is 12.5 Å². The van der Waals surface area contributed by atoms with Crippen molar-refractivity contribution in [2.45, 2.75) is 39.2 Å². The smallest absolute Gasteiger partial charge is 0.419 e. The third-order valence-electron chi connectivity index (χ3n) is 1.94. The van der Waals surface area contributed by atoms with Gasteiger partial charge in [0.2, 0.25) is 0 Å². The normalized spacial score (nSPS) is 13.6. The van der Waals surface area contributed by atoms with Crippen molar-refractivity contribution in [1.29, 1.82) is 0 Å². The predicted molar refractivity (Wildman–Crippen MR) is 66.1 cm³/mol.